The molecule has 0 radical (unpaired) electrons. The Morgan fingerprint density at radius 3 is 2.23 bits per heavy atom. The van der Waals surface area contributed by atoms with Crippen LogP contribution in [0.15, 0.2) is 6.07 Å². The Bertz CT molecular complexity index is 337. The summed E-state index contributed by atoms with van der Waals surface area (Å²) in [4.78, 5) is 3.03. The molecule has 1 heterocycles. The molecular formula is C6H3Cl2F3N2. The van der Waals surface area contributed by atoms with Crippen LogP contribution in [0.2, 0.25) is 10.0 Å². The van der Waals surface area contributed by atoms with Crippen LogP contribution in [0.3, 0.4) is 0 Å². The molecule has 0 aliphatic heterocycles. The summed E-state index contributed by atoms with van der Waals surface area (Å²) in [6.45, 7) is 0. The van der Waals surface area contributed by atoms with Crippen molar-refractivity contribution in [3.63, 3.8) is 0 Å². The number of nitrogens with two attached hydrogens (primary N) is 1. The molecule has 1 aromatic rings. The van der Waals surface area contributed by atoms with Crippen LogP contribution < -0.4 is 5.73 Å². The van der Waals surface area contributed by atoms with Gasteiger partial charge in [-0.3, -0.25) is 0 Å². The summed E-state index contributed by atoms with van der Waals surface area (Å²) in [5.74, 6) is -0.390. The van der Waals surface area contributed by atoms with E-state index in [-0.39, 0.29) is 5.02 Å². The van der Waals surface area contributed by atoms with Crippen molar-refractivity contribution in [1.29, 1.82) is 0 Å². The van der Waals surface area contributed by atoms with Crippen LogP contribution in [-0.4, -0.2) is 4.98 Å². The summed E-state index contributed by atoms with van der Waals surface area (Å²) in [5, 5.41) is -0.662. The maximum atomic E-state index is 12.1. The van der Waals surface area contributed by atoms with Crippen LogP contribution in [0.4, 0.5) is 19.0 Å². The normalized spacial score (nSPS) is 11.8. The zero-order valence-electron chi connectivity index (χ0n) is 5.99. The number of aromatic nitrogens is 1. The number of anilines is 1. The molecule has 0 aliphatic rings. The van der Waals surface area contributed by atoms with E-state index in [4.69, 9.17) is 28.9 Å². The van der Waals surface area contributed by atoms with Crippen molar-refractivity contribution in [2.75, 3.05) is 5.73 Å². The van der Waals surface area contributed by atoms with E-state index in [9.17, 15) is 13.2 Å². The number of alkyl halides is 3. The van der Waals surface area contributed by atoms with Crippen molar-refractivity contribution in [1.82, 2.24) is 4.98 Å². The van der Waals surface area contributed by atoms with Crippen molar-refractivity contribution in [2.24, 2.45) is 0 Å². The van der Waals surface area contributed by atoms with Crippen molar-refractivity contribution in [2.45, 2.75) is 6.18 Å². The highest BCUT2D eigenvalue weighted by atomic mass is 35.5. The van der Waals surface area contributed by atoms with Gasteiger partial charge in [0.15, 0.2) is 5.69 Å². The van der Waals surface area contributed by atoms with Gasteiger partial charge in [0.25, 0.3) is 0 Å². The molecule has 0 saturated heterocycles. The van der Waals surface area contributed by atoms with Gasteiger partial charge in [-0.15, -0.1) is 0 Å². The number of rotatable bonds is 0. The largest absolute Gasteiger partial charge is 0.434 e. The number of halogens is 5. The molecule has 7 heteroatoms. The number of hydrogen-bond acceptors (Lipinski definition) is 2. The molecule has 0 fully saturated rings. The summed E-state index contributed by atoms with van der Waals surface area (Å²) in [5.41, 5.74) is 3.86. The molecule has 0 aromatic carbocycles. The van der Waals surface area contributed by atoms with Crippen molar-refractivity contribution in [3.05, 3.63) is 21.8 Å². The second-order valence-electron chi connectivity index (χ2n) is 2.18. The minimum atomic E-state index is -4.62. The lowest BCUT2D eigenvalue weighted by atomic mass is 10.3. The van der Waals surface area contributed by atoms with Gasteiger partial charge in [-0.05, 0) is 6.07 Å². The average molecular weight is 231 g/mol. The highest BCUT2D eigenvalue weighted by Crippen LogP contribution is 2.35. The Labute approximate surface area is 81.5 Å². The van der Waals surface area contributed by atoms with Gasteiger partial charge in [0.2, 0.25) is 0 Å². The fourth-order valence-corrected chi connectivity index (χ4v) is 1.15. The molecule has 0 atom stereocenters. The Morgan fingerprint density at radius 1 is 1.23 bits per heavy atom. The van der Waals surface area contributed by atoms with E-state index in [1.165, 1.54) is 0 Å². The molecule has 0 bridgehead atoms. The number of nitrogen functional groups attached to an aromatic ring is 1. The summed E-state index contributed by atoms with van der Waals surface area (Å²) in [6, 6.07) is 0.911. The third-order valence-electron chi connectivity index (χ3n) is 1.23. The molecule has 1 rings (SSSR count). The fourth-order valence-electron chi connectivity index (χ4n) is 0.680. The first-order valence-corrected chi connectivity index (χ1v) is 3.76. The van der Waals surface area contributed by atoms with E-state index in [2.05, 4.69) is 4.98 Å². The SMILES string of the molecule is Nc1nc(C(F)(F)F)c(Cl)cc1Cl. The van der Waals surface area contributed by atoms with Crippen molar-refractivity contribution >= 4 is 29.0 Å². The molecular weight excluding hydrogens is 228 g/mol. The average Bonchev–Trinajstić information content (AvgIpc) is 1.94. The summed E-state index contributed by atoms with van der Waals surface area (Å²) < 4.78 is 36.3. The van der Waals surface area contributed by atoms with Crippen LogP contribution in [0.1, 0.15) is 5.69 Å². The lowest BCUT2D eigenvalue weighted by Crippen LogP contribution is -2.10. The van der Waals surface area contributed by atoms with Gasteiger partial charge in [0.1, 0.15) is 5.82 Å². The van der Waals surface area contributed by atoms with Gasteiger partial charge in [0, 0.05) is 0 Å². The molecule has 2 nitrogen and oxygen atoms in total. The zero-order chi connectivity index (χ0) is 10.2. The van der Waals surface area contributed by atoms with E-state index in [0.717, 1.165) is 6.07 Å². The third kappa shape index (κ3) is 2.16. The van der Waals surface area contributed by atoms with Gasteiger partial charge in [-0.1, -0.05) is 23.2 Å². The molecule has 2 N–H and O–H groups in total. The standard InChI is InChI=1S/C6H3Cl2F3N2/c7-2-1-3(8)5(12)13-4(2)6(9,10)11/h1H,(H2,12,13). The number of nitrogens with zero attached hydrogens (tertiary/aromatic N) is 1. The predicted molar refractivity (Wildman–Crippen MR) is 43.7 cm³/mol. The predicted octanol–water partition coefficient (Wildman–Crippen LogP) is 2.99. The molecule has 1 aromatic heterocycles. The quantitative estimate of drug-likeness (QED) is 0.745. The lowest BCUT2D eigenvalue weighted by Gasteiger charge is -2.08. The number of hydrogen-bond donors (Lipinski definition) is 1. The van der Waals surface area contributed by atoms with Gasteiger partial charge in [0.05, 0.1) is 10.0 Å². The van der Waals surface area contributed by atoms with Gasteiger partial charge >= 0.3 is 6.18 Å². The monoisotopic (exact) mass is 230 g/mol. The van der Waals surface area contributed by atoms with E-state index in [1.54, 1.807) is 0 Å². The van der Waals surface area contributed by atoms with E-state index in [0.29, 0.717) is 0 Å². The summed E-state index contributed by atoms with van der Waals surface area (Å²) >= 11 is 10.7. The molecule has 72 valence electrons. The summed E-state index contributed by atoms with van der Waals surface area (Å²) in [6.07, 6.45) is -4.62. The van der Waals surface area contributed by atoms with Crippen LogP contribution in [0.5, 0.6) is 0 Å². The van der Waals surface area contributed by atoms with Gasteiger partial charge in [-0.25, -0.2) is 4.98 Å². The zero-order valence-corrected chi connectivity index (χ0v) is 7.50. The van der Waals surface area contributed by atoms with Crippen molar-refractivity contribution < 1.29 is 13.2 Å². The topological polar surface area (TPSA) is 38.9 Å². The van der Waals surface area contributed by atoms with E-state index >= 15 is 0 Å². The first-order valence-electron chi connectivity index (χ1n) is 3.01. The van der Waals surface area contributed by atoms with E-state index < -0.39 is 22.7 Å². The Kier molecular flexibility index (Phi) is 2.58. The smallest absolute Gasteiger partial charge is 0.382 e. The Balaban J connectivity index is 3.32. The minimum Gasteiger partial charge on any atom is -0.382 e. The maximum Gasteiger partial charge on any atom is 0.434 e. The van der Waals surface area contributed by atoms with Gasteiger partial charge < -0.3 is 5.73 Å². The third-order valence-corrected chi connectivity index (χ3v) is 1.82. The molecule has 0 saturated carbocycles. The Morgan fingerprint density at radius 2 is 1.77 bits per heavy atom. The van der Waals surface area contributed by atoms with Crippen molar-refractivity contribution in [3.8, 4) is 0 Å². The van der Waals surface area contributed by atoms with Crippen LogP contribution in [0.25, 0.3) is 0 Å². The highest BCUT2D eigenvalue weighted by Gasteiger charge is 2.35. The Hall–Kier alpha value is -0.680. The van der Waals surface area contributed by atoms with Crippen LogP contribution >= 0.6 is 23.2 Å². The fraction of sp³-hybridized carbons (Fsp3) is 0.167. The lowest BCUT2D eigenvalue weighted by molar-refractivity contribution is -0.140. The first-order chi connectivity index (χ1) is 5.82. The number of pyridine rings is 1. The second-order valence-corrected chi connectivity index (χ2v) is 3.00. The molecule has 0 amide bonds. The summed E-state index contributed by atoms with van der Waals surface area (Å²) in [7, 11) is 0. The molecule has 0 aliphatic carbocycles. The first kappa shape index (κ1) is 10.4. The molecule has 13 heavy (non-hydrogen) atoms. The highest BCUT2D eigenvalue weighted by molar-refractivity contribution is 6.36. The van der Waals surface area contributed by atoms with Crippen LogP contribution in [-0.2, 0) is 6.18 Å². The van der Waals surface area contributed by atoms with E-state index in [1.807, 2.05) is 0 Å². The van der Waals surface area contributed by atoms with Crippen LogP contribution in [0, 0.1) is 0 Å². The molecule has 0 spiro atoms. The second kappa shape index (κ2) is 3.23. The maximum absolute atomic E-state index is 12.1. The van der Waals surface area contributed by atoms with Gasteiger partial charge in [-0.2, -0.15) is 13.2 Å². The molecule has 0 unspecified atom stereocenters. The minimum absolute atomic E-state index is 0.0991.